The number of rotatable bonds is 4. The molecule has 1 unspecified atom stereocenters. The normalized spacial score (nSPS) is 12.1. The van der Waals surface area contributed by atoms with Crippen LogP contribution in [0.15, 0.2) is 30.3 Å². The number of aryl methyl sites for hydroxylation is 1. The highest BCUT2D eigenvalue weighted by molar-refractivity contribution is 7.09. The third-order valence-electron chi connectivity index (χ3n) is 2.39. The molecule has 0 fully saturated rings. The lowest BCUT2D eigenvalue weighted by atomic mass is 10.1. The molecule has 0 aliphatic carbocycles. The van der Waals surface area contributed by atoms with Crippen LogP contribution in [-0.2, 0) is 11.2 Å². The van der Waals surface area contributed by atoms with Gasteiger partial charge < -0.3 is 5.73 Å². The lowest BCUT2D eigenvalue weighted by molar-refractivity contribution is -0.117. The van der Waals surface area contributed by atoms with Gasteiger partial charge in [0.05, 0.1) is 6.04 Å². The molecule has 1 aromatic carbocycles. The molecule has 3 N–H and O–H groups in total. The number of hydrogen-bond acceptors (Lipinski definition) is 5. The van der Waals surface area contributed by atoms with Crippen LogP contribution in [0.5, 0.6) is 0 Å². The molecule has 1 atom stereocenters. The molecule has 0 radical (unpaired) electrons. The monoisotopic (exact) mass is 262 g/mol. The van der Waals surface area contributed by atoms with E-state index in [0.29, 0.717) is 17.4 Å². The van der Waals surface area contributed by atoms with E-state index in [1.165, 1.54) is 0 Å². The maximum atomic E-state index is 11.8. The Hall–Kier alpha value is -1.79. The van der Waals surface area contributed by atoms with Crippen molar-refractivity contribution in [3.63, 3.8) is 0 Å². The number of anilines is 1. The van der Waals surface area contributed by atoms with Gasteiger partial charge in [0.1, 0.15) is 5.82 Å². The van der Waals surface area contributed by atoms with E-state index in [4.69, 9.17) is 5.73 Å². The van der Waals surface area contributed by atoms with E-state index in [0.717, 1.165) is 17.1 Å². The number of nitrogens with one attached hydrogen (secondary N) is 1. The van der Waals surface area contributed by atoms with Crippen molar-refractivity contribution in [3.05, 3.63) is 41.7 Å². The molecular weight excluding hydrogens is 248 g/mol. The van der Waals surface area contributed by atoms with Crippen molar-refractivity contribution in [2.45, 2.75) is 19.4 Å². The van der Waals surface area contributed by atoms with E-state index >= 15 is 0 Å². The summed E-state index contributed by atoms with van der Waals surface area (Å²) < 4.78 is 3.99. The fraction of sp³-hybridized carbons (Fsp3) is 0.250. The third kappa shape index (κ3) is 3.35. The average Bonchev–Trinajstić information content (AvgIpc) is 2.76. The molecule has 2 aromatic rings. The van der Waals surface area contributed by atoms with Gasteiger partial charge in [-0.15, -0.1) is 0 Å². The summed E-state index contributed by atoms with van der Waals surface area (Å²) in [5, 5.41) is 3.15. The Morgan fingerprint density at radius 2 is 2.17 bits per heavy atom. The van der Waals surface area contributed by atoms with Gasteiger partial charge in [0.15, 0.2) is 0 Å². The highest BCUT2D eigenvalue weighted by Gasteiger charge is 2.15. The van der Waals surface area contributed by atoms with Gasteiger partial charge in [0, 0.05) is 11.5 Å². The molecule has 1 amide bonds. The van der Waals surface area contributed by atoms with Crippen molar-refractivity contribution in [3.8, 4) is 0 Å². The van der Waals surface area contributed by atoms with Crippen LogP contribution in [0.1, 0.15) is 11.4 Å². The Morgan fingerprint density at radius 3 is 2.78 bits per heavy atom. The smallest absolute Gasteiger partial charge is 0.243 e. The second-order valence-corrected chi connectivity index (χ2v) is 4.68. The molecule has 1 aromatic heterocycles. The second-order valence-electron chi connectivity index (χ2n) is 3.93. The highest BCUT2D eigenvalue weighted by atomic mass is 32.1. The molecule has 0 aliphatic rings. The first-order chi connectivity index (χ1) is 8.65. The molecule has 0 saturated carbocycles. The van der Waals surface area contributed by atoms with E-state index < -0.39 is 6.04 Å². The van der Waals surface area contributed by atoms with Crippen LogP contribution in [0.3, 0.4) is 0 Å². The Morgan fingerprint density at radius 1 is 1.44 bits per heavy atom. The van der Waals surface area contributed by atoms with Crippen molar-refractivity contribution in [1.82, 2.24) is 9.36 Å². The van der Waals surface area contributed by atoms with Crippen LogP contribution in [0.2, 0.25) is 0 Å². The minimum absolute atomic E-state index is 0.241. The summed E-state index contributed by atoms with van der Waals surface area (Å²) in [6.07, 6.45) is 0.504. The van der Waals surface area contributed by atoms with Gasteiger partial charge in [-0.05, 0) is 18.9 Å². The predicted octanol–water partition coefficient (Wildman–Crippen LogP) is 1.36. The summed E-state index contributed by atoms with van der Waals surface area (Å²) in [7, 11) is 0. The van der Waals surface area contributed by atoms with Crippen molar-refractivity contribution in [1.29, 1.82) is 0 Å². The fourth-order valence-electron chi connectivity index (χ4n) is 1.51. The van der Waals surface area contributed by atoms with Gasteiger partial charge >= 0.3 is 0 Å². The molecular formula is C12H14N4OS. The quantitative estimate of drug-likeness (QED) is 0.871. The van der Waals surface area contributed by atoms with Crippen molar-refractivity contribution in [2.75, 3.05) is 5.32 Å². The summed E-state index contributed by atoms with van der Waals surface area (Å²) in [6.45, 7) is 1.77. The minimum Gasteiger partial charge on any atom is -0.320 e. The van der Waals surface area contributed by atoms with E-state index in [2.05, 4.69) is 14.7 Å². The number of nitrogens with zero attached hydrogens (tertiary/aromatic N) is 2. The number of carbonyl (C=O) groups is 1. The second kappa shape index (κ2) is 5.70. The van der Waals surface area contributed by atoms with E-state index in [-0.39, 0.29) is 5.91 Å². The summed E-state index contributed by atoms with van der Waals surface area (Å²) in [5.74, 6) is 0.405. The van der Waals surface area contributed by atoms with Crippen LogP contribution in [0.25, 0.3) is 0 Å². The standard InChI is InChI=1S/C12H14N4OS/c1-8-14-12(18-16-8)15-11(17)10(13)7-9-5-3-2-4-6-9/h2-6,10H,7,13H2,1H3,(H,14,15,16,17). The van der Waals surface area contributed by atoms with Crippen LogP contribution in [0.4, 0.5) is 5.13 Å². The number of benzene rings is 1. The number of nitrogens with two attached hydrogens (primary N) is 1. The van der Waals surface area contributed by atoms with Crippen LogP contribution < -0.4 is 11.1 Å². The zero-order valence-corrected chi connectivity index (χ0v) is 10.8. The number of hydrogen-bond donors (Lipinski definition) is 2. The van der Waals surface area contributed by atoms with Crippen LogP contribution >= 0.6 is 11.5 Å². The largest absolute Gasteiger partial charge is 0.320 e. The van der Waals surface area contributed by atoms with Crippen molar-refractivity contribution in [2.24, 2.45) is 5.73 Å². The van der Waals surface area contributed by atoms with Gasteiger partial charge in [0.2, 0.25) is 11.0 Å². The molecule has 1 heterocycles. The molecule has 5 nitrogen and oxygen atoms in total. The fourth-order valence-corrected chi connectivity index (χ4v) is 2.09. The summed E-state index contributed by atoms with van der Waals surface area (Å²) >= 11 is 1.15. The lowest BCUT2D eigenvalue weighted by Crippen LogP contribution is -2.37. The van der Waals surface area contributed by atoms with Crippen LogP contribution in [-0.4, -0.2) is 21.3 Å². The molecule has 18 heavy (non-hydrogen) atoms. The van der Waals surface area contributed by atoms with Gasteiger partial charge in [-0.25, -0.2) is 4.98 Å². The van der Waals surface area contributed by atoms with Crippen molar-refractivity contribution >= 4 is 22.6 Å². The average molecular weight is 262 g/mol. The Kier molecular flexibility index (Phi) is 4.01. The summed E-state index contributed by atoms with van der Waals surface area (Å²) in [4.78, 5) is 15.9. The van der Waals surface area contributed by atoms with Gasteiger partial charge in [-0.1, -0.05) is 30.3 Å². The Balaban J connectivity index is 1.93. The van der Waals surface area contributed by atoms with Gasteiger partial charge in [0.25, 0.3) is 0 Å². The zero-order valence-electron chi connectivity index (χ0n) is 9.96. The minimum atomic E-state index is -0.586. The van der Waals surface area contributed by atoms with Crippen molar-refractivity contribution < 1.29 is 4.79 Å². The number of carbonyl (C=O) groups excluding carboxylic acids is 1. The summed E-state index contributed by atoms with van der Waals surface area (Å²) in [6, 6.07) is 9.09. The highest BCUT2D eigenvalue weighted by Crippen LogP contribution is 2.11. The molecule has 0 saturated heterocycles. The first-order valence-corrected chi connectivity index (χ1v) is 6.33. The number of amides is 1. The molecule has 6 heteroatoms. The maximum absolute atomic E-state index is 11.8. The first kappa shape index (κ1) is 12.7. The maximum Gasteiger partial charge on any atom is 0.243 e. The molecule has 0 bridgehead atoms. The topological polar surface area (TPSA) is 80.9 Å². The molecule has 0 aliphatic heterocycles. The van der Waals surface area contributed by atoms with Crippen LogP contribution in [0, 0.1) is 6.92 Å². The Labute approximate surface area is 109 Å². The Bertz CT molecular complexity index is 526. The van der Waals surface area contributed by atoms with E-state index in [1.54, 1.807) is 6.92 Å². The third-order valence-corrected chi connectivity index (χ3v) is 3.11. The van der Waals surface area contributed by atoms with Gasteiger partial charge in [-0.2, -0.15) is 4.37 Å². The summed E-state index contributed by atoms with van der Waals surface area (Å²) in [5.41, 5.74) is 6.88. The first-order valence-electron chi connectivity index (χ1n) is 5.56. The number of aromatic nitrogens is 2. The van der Waals surface area contributed by atoms with Gasteiger partial charge in [-0.3, -0.25) is 10.1 Å². The predicted molar refractivity (Wildman–Crippen MR) is 71.4 cm³/mol. The van der Waals surface area contributed by atoms with E-state index in [9.17, 15) is 4.79 Å². The SMILES string of the molecule is Cc1nsc(NC(=O)C(N)Cc2ccccc2)n1. The molecule has 0 spiro atoms. The zero-order chi connectivity index (χ0) is 13.0. The molecule has 94 valence electrons. The molecule has 2 rings (SSSR count). The van der Waals surface area contributed by atoms with E-state index in [1.807, 2.05) is 30.3 Å². The lowest BCUT2D eigenvalue weighted by Gasteiger charge is -2.10.